The van der Waals surface area contributed by atoms with E-state index in [-0.39, 0.29) is 18.0 Å². The molecule has 0 amide bonds. The fraction of sp³-hybridized carbons (Fsp3) is 0.100. The van der Waals surface area contributed by atoms with Crippen LogP contribution >= 0.6 is 15.9 Å². The third-order valence-corrected chi connectivity index (χ3v) is 2.40. The zero-order chi connectivity index (χ0) is 13.0. The minimum absolute atomic E-state index is 0.0906. The van der Waals surface area contributed by atoms with E-state index in [0.717, 1.165) is 4.47 Å². The Morgan fingerprint density at radius 3 is 2.67 bits per heavy atom. The number of methoxy groups -OCH3 is 1. The first-order chi connectivity index (χ1) is 8.71. The lowest BCUT2D eigenvalue weighted by Gasteiger charge is -2.06. The number of anilines is 1. The Morgan fingerprint density at radius 2 is 2.00 bits per heavy atom. The van der Waals surface area contributed by atoms with E-state index in [1.807, 2.05) is 12.1 Å². The molecule has 8 heteroatoms. The van der Waals surface area contributed by atoms with Crippen LogP contribution in [0.5, 0.6) is 17.8 Å². The molecule has 1 aromatic carbocycles. The Morgan fingerprint density at radius 1 is 1.22 bits per heavy atom. The maximum atomic E-state index is 5.48. The van der Waals surface area contributed by atoms with Gasteiger partial charge in [0.25, 0.3) is 0 Å². The first kappa shape index (κ1) is 12.5. The molecular formula is C10H10BrN5O2. The van der Waals surface area contributed by atoms with Crippen LogP contribution < -0.4 is 20.7 Å². The zero-order valence-corrected chi connectivity index (χ0v) is 11.0. The molecule has 0 spiro atoms. The molecule has 1 aromatic heterocycles. The number of nitrogen functional groups attached to an aromatic ring is 1. The lowest BCUT2D eigenvalue weighted by Crippen LogP contribution is -2.12. The van der Waals surface area contributed by atoms with Crippen molar-refractivity contribution in [2.45, 2.75) is 0 Å². The molecule has 3 N–H and O–H groups in total. The van der Waals surface area contributed by atoms with Gasteiger partial charge >= 0.3 is 12.0 Å². The fourth-order valence-electron chi connectivity index (χ4n) is 1.18. The number of ether oxygens (including phenoxy) is 2. The molecule has 0 atom stereocenters. The highest BCUT2D eigenvalue weighted by molar-refractivity contribution is 9.10. The van der Waals surface area contributed by atoms with E-state index in [2.05, 4.69) is 36.3 Å². The molecule has 0 aliphatic carbocycles. The molecular weight excluding hydrogens is 302 g/mol. The van der Waals surface area contributed by atoms with Crippen molar-refractivity contribution >= 4 is 21.9 Å². The lowest BCUT2D eigenvalue weighted by molar-refractivity contribution is 0.360. The van der Waals surface area contributed by atoms with Crippen LogP contribution in [0.15, 0.2) is 28.7 Å². The number of rotatable bonds is 4. The second-order valence-electron chi connectivity index (χ2n) is 3.13. The van der Waals surface area contributed by atoms with Crippen LogP contribution in [-0.4, -0.2) is 22.1 Å². The first-order valence-electron chi connectivity index (χ1n) is 4.91. The summed E-state index contributed by atoms with van der Waals surface area (Å²) in [6, 6.07) is 7.48. The second-order valence-corrected chi connectivity index (χ2v) is 4.05. The van der Waals surface area contributed by atoms with Crippen molar-refractivity contribution in [3.63, 3.8) is 0 Å². The number of nitrogens with two attached hydrogens (primary N) is 1. The lowest BCUT2D eigenvalue weighted by atomic mass is 10.3. The minimum Gasteiger partial charge on any atom is -0.467 e. The molecule has 0 fully saturated rings. The molecule has 94 valence electrons. The van der Waals surface area contributed by atoms with E-state index in [1.165, 1.54) is 7.11 Å². The topological polar surface area (TPSA) is 95.2 Å². The molecule has 0 unspecified atom stereocenters. The number of aromatic nitrogens is 3. The van der Waals surface area contributed by atoms with Gasteiger partial charge in [0.05, 0.1) is 7.11 Å². The van der Waals surface area contributed by atoms with Crippen LogP contribution in [0.25, 0.3) is 0 Å². The fourth-order valence-corrected chi connectivity index (χ4v) is 1.55. The Bertz CT molecular complexity index is 529. The van der Waals surface area contributed by atoms with Gasteiger partial charge in [0, 0.05) is 4.47 Å². The third-order valence-electron chi connectivity index (χ3n) is 1.91. The molecule has 7 nitrogen and oxygen atoms in total. The van der Waals surface area contributed by atoms with Gasteiger partial charge in [-0.05, 0) is 18.2 Å². The monoisotopic (exact) mass is 311 g/mol. The summed E-state index contributed by atoms with van der Waals surface area (Å²) in [5.41, 5.74) is 2.31. The molecule has 0 radical (unpaired) electrons. The summed E-state index contributed by atoms with van der Waals surface area (Å²) in [7, 11) is 1.44. The minimum atomic E-state index is 0.0906. The summed E-state index contributed by atoms with van der Waals surface area (Å²) < 4.78 is 11.3. The Hall–Kier alpha value is -1.93. The average molecular weight is 312 g/mol. The van der Waals surface area contributed by atoms with E-state index in [9.17, 15) is 0 Å². The highest BCUT2D eigenvalue weighted by atomic mass is 79.9. The van der Waals surface area contributed by atoms with Gasteiger partial charge in [0.15, 0.2) is 0 Å². The smallest absolute Gasteiger partial charge is 0.330 e. The summed E-state index contributed by atoms with van der Waals surface area (Å²) in [6.07, 6.45) is 0. The van der Waals surface area contributed by atoms with Gasteiger partial charge in [-0.1, -0.05) is 22.0 Å². The maximum Gasteiger partial charge on any atom is 0.330 e. The predicted molar refractivity (Wildman–Crippen MR) is 68.4 cm³/mol. The third kappa shape index (κ3) is 3.05. The van der Waals surface area contributed by atoms with Gasteiger partial charge in [-0.25, -0.2) is 5.84 Å². The van der Waals surface area contributed by atoms with Crippen molar-refractivity contribution in [2.24, 2.45) is 5.84 Å². The number of halogens is 1. The molecule has 0 aliphatic heterocycles. The van der Waals surface area contributed by atoms with Crippen LogP contribution in [0.1, 0.15) is 0 Å². The number of hydrogen-bond acceptors (Lipinski definition) is 7. The number of benzene rings is 1. The van der Waals surface area contributed by atoms with E-state index >= 15 is 0 Å². The molecule has 1 heterocycles. The standard InChI is InChI=1S/C10H10BrN5O2/c1-17-9-13-8(16-12)14-10(15-9)18-7-4-2-3-6(11)5-7/h2-5H,12H2,1H3,(H,13,14,15,16). The highest BCUT2D eigenvalue weighted by Gasteiger charge is 2.08. The van der Waals surface area contributed by atoms with Crippen LogP contribution in [-0.2, 0) is 0 Å². The largest absolute Gasteiger partial charge is 0.467 e. The number of nitrogens with one attached hydrogen (secondary N) is 1. The van der Waals surface area contributed by atoms with Crippen LogP contribution in [0, 0.1) is 0 Å². The summed E-state index contributed by atoms with van der Waals surface area (Å²) >= 11 is 3.34. The molecule has 18 heavy (non-hydrogen) atoms. The molecule has 2 aromatic rings. The van der Waals surface area contributed by atoms with Gasteiger partial charge in [0.1, 0.15) is 5.75 Å². The van der Waals surface area contributed by atoms with Gasteiger partial charge < -0.3 is 9.47 Å². The second kappa shape index (κ2) is 5.61. The van der Waals surface area contributed by atoms with E-state index < -0.39 is 0 Å². The number of hydrogen-bond donors (Lipinski definition) is 2. The molecule has 2 rings (SSSR count). The maximum absolute atomic E-state index is 5.48. The summed E-state index contributed by atoms with van der Waals surface area (Å²) in [5, 5.41) is 0. The van der Waals surface area contributed by atoms with Crippen molar-refractivity contribution in [3.05, 3.63) is 28.7 Å². The van der Waals surface area contributed by atoms with E-state index in [0.29, 0.717) is 5.75 Å². The van der Waals surface area contributed by atoms with Crippen LogP contribution in [0.3, 0.4) is 0 Å². The summed E-state index contributed by atoms with van der Waals surface area (Å²) in [6.45, 7) is 0. The van der Waals surface area contributed by atoms with Gasteiger partial charge in [-0.2, -0.15) is 9.97 Å². The molecule has 0 bridgehead atoms. The number of hydrazine groups is 1. The molecule has 0 saturated heterocycles. The van der Waals surface area contributed by atoms with Gasteiger partial charge in [-0.3, -0.25) is 5.43 Å². The predicted octanol–water partition coefficient (Wildman–Crippen LogP) is 1.72. The Labute approximate surface area is 111 Å². The van der Waals surface area contributed by atoms with Crippen molar-refractivity contribution < 1.29 is 9.47 Å². The van der Waals surface area contributed by atoms with Crippen molar-refractivity contribution in [1.82, 2.24) is 15.0 Å². The van der Waals surface area contributed by atoms with Gasteiger partial charge in [-0.15, -0.1) is 4.98 Å². The molecule has 0 saturated carbocycles. The normalized spacial score (nSPS) is 9.94. The van der Waals surface area contributed by atoms with Crippen LogP contribution in [0.4, 0.5) is 5.95 Å². The summed E-state index contributed by atoms with van der Waals surface area (Å²) in [5.74, 6) is 5.98. The van der Waals surface area contributed by atoms with E-state index in [1.54, 1.807) is 12.1 Å². The van der Waals surface area contributed by atoms with Crippen LogP contribution in [0.2, 0.25) is 0 Å². The van der Waals surface area contributed by atoms with Crippen molar-refractivity contribution in [2.75, 3.05) is 12.5 Å². The molecule has 0 aliphatic rings. The average Bonchev–Trinajstić information content (AvgIpc) is 2.38. The van der Waals surface area contributed by atoms with Crippen molar-refractivity contribution in [1.29, 1.82) is 0 Å². The van der Waals surface area contributed by atoms with Gasteiger partial charge in [0.2, 0.25) is 5.95 Å². The van der Waals surface area contributed by atoms with E-state index in [4.69, 9.17) is 15.3 Å². The summed E-state index contributed by atoms with van der Waals surface area (Å²) in [4.78, 5) is 11.8. The zero-order valence-electron chi connectivity index (χ0n) is 9.42. The Balaban J connectivity index is 2.28. The van der Waals surface area contributed by atoms with Crippen molar-refractivity contribution in [3.8, 4) is 17.8 Å². The quantitative estimate of drug-likeness (QED) is 0.655. The first-order valence-corrected chi connectivity index (χ1v) is 5.70. The SMILES string of the molecule is COc1nc(NN)nc(Oc2cccc(Br)c2)n1. The Kier molecular flexibility index (Phi) is 3.90. The number of nitrogens with zero attached hydrogens (tertiary/aromatic N) is 3. The highest BCUT2D eigenvalue weighted by Crippen LogP contribution is 2.23.